The van der Waals surface area contributed by atoms with Gasteiger partial charge in [-0.05, 0) is 13.3 Å². The quantitative estimate of drug-likeness (QED) is 0.485. The highest BCUT2D eigenvalue weighted by Crippen LogP contribution is 1.81. The van der Waals surface area contributed by atoms with Crippen molar-refractivity contribution in [2.24, 2.45) is 0 Å². The van der Waals surface area contributed by atoms with Crippen LogP contribution in [0.25, 0.3) is 0 Å². The van der Waals surface area contributed by atoms with E-state index in [4.69, 9.17) is 15.0 Å². The van der Waals surface area contributed by atoms with E-state index in [-0.39, 0.29) is 18.1 Å². The maximum Gasteiger partial charge on any atom is 0.290 e. The summed E-state index contributed by atoms with van der Waals surface area (Å²) in [5, 5.41) is 15.2. The fourth-order valence-corrected chi connectivity index (χ4v) is 0. The number of hydrogen-bond acceptors (Lipinski definition) is 2. The second-order valence-corrected chi connectivity index (χ2v) is 1.36. The molecule has 0 radical (unpaired) electrons. The molecule has 0 aromatic carbocycles. The third-order valence-corrected chi connectivity index (χ3v) is 0.591. The van der Waals surface area contributed by atoms with E-state index in [1.54, 1.807) is 6.92 Å². The molecule has 0 saturated heterocycles. The minimum Gasteiger partial charge on any atom is -0.483 e. The third kappa shape index (κ3) is 111. The van der Waals surface area contributed by atoms with Crippen LogP contribution in [0.5, 0.6) is 0 Å². The number of carbonyl (C=O) groups is 1. The summed E-state index contributed by atoms with van der Waals surface area (Å²) in [6, 6.07) is 0. The zero-order valence-electron chi connectivity index (χ0n) is 5.66. The van der Waals surface area contributed by atoms with E-state index in [1.807, 2.05) is 6.92 Å². The van der Waals surface area contributed by atoms with Crippen molar-refractivity contribution in [1.29, 1.82) is 0 Å². The summed E-state index contributed by atoms with van der Waals surface area (Å²) in [5.41, 5.74) is 0. The summed E-state index contributed by atoms with van der Waals surface area (Å²) in [4.78, 5) is 8.36. The molecule has 0 aliphatic heterocycles. The van der Waals surface area contributed by atoms with Crippen LogP contribution >= 0.6 is 0 Å². The summed E-state index contributed by atoms with van der Waals surface area (Å²) in [5.74, 6) is 0. The fourth-order valence-electron chi connectivity index (χ4n) is 0. The molecular weight excluding hydrogens is 124 g/mol. The maximum absolute atomic E-state index is 8.36. The van der Waals surface area contributed by atoms with Crippen LogP contribution in [0.3, 0.4) is 0 Å². The van der Waals surface area contributed by atoms with Gasteiger partial charge in [0.15, 0.2) is 0 Å². The molecule has 0 aromatic rings. The lowest BCUT2D eigenvalue weighted by Gasteiger charge is -1.90. The summed E-state index contributed by atoms with van der Waals surface area (Å²) in [7, 11) is 0. The SMILES string of the molecule is CCC(C)O.O.O=CO. The summed E-state index contributed by atoms with van der Waals surface area (Å²) >= 11 is 0. The lowest BCUT2D eigenvalue weighted by molar-refractivity contribution is -0.122. The molecule has 0 spiro atoms. The van der Waals surface area contributed by atoms with Crippen LogP contribution < -0.4 is 0 Å². The highest BCUT2D eigenvalue weighted by molar-refractivity contribution is 5.32. The fraction of sp³-hybridized carbons (Fsp3) is 0.800. The molecule has 0 aromatic heterocycles. The smallest absolute Gasteiger partial charge is 0.290 e. The molecule has 0 aliphatic carbocycles. The molecule has 0 rings (SSSR count). The van der Waals surface area contributed by atoms with Crippen LogP contribution in [0.15, 0.2) is 0 Å². The van der Waals surface area contributed by atoms with Crippen LogP contribution in [0.4, 0.5) is 0 Å². The van der Waals surface area contributed by atoms with E-state index in [2.05, 4.69) is 0 Å². The third-order valence-electron chi connectivity index (χ3n) is 0.591. The molecule has 0 saturated carbocycles. The van der Waals surface area contributed by atoms with E-state index in [9.17, 15) is 0 Å². The molecule has 4 N–H and O–H groups in total. The zero-order chi connectivity index (χ0) is 6.99. The number of rotatable bonds is 1. The molecule has 0 aliphatic rings. The number of carboxylic acid groups (broad SMARTS) is 1. The second-order valence-electron chi connectivity index (χ2n) is 1.36. The number of aliphatic hydroxyl groups is 1. The highest BCUT2D eigenvalue weighted by atomic mass is 16.3. The van der Waals surface area contributed by atoms with E-state index < -0.39 is 0 Å². The van der Waals surface area contributed by atoms with Gasteiger partial charge in [-0.2, -0.15) is 0 Å². The topological polar surface area (TPSA) is 89.0 Å². The lowest BCUT2D eigenvalue weighted by Crippen LogP contribution is -1.93. The highest BCUT2D eigenvalue weighted by Gasteiger charge is 1.81. The first kappa shape index (κ1) is 15.8. The summed E-state index contributed by atoms with van der Waals surface area (Å²) in [6.45, 7) is 3.48. The van der Waals surface area contributed by atoms with Gasteiger partial charge < -0.3 is 15.7 Å². The lowest BCUT2D eigenvalue weighted by atomic mass is 10.3. The Bertz CT molecular complexity index is 44.2. The number of aliphatic hydroxyl groups excluding tert-OH is 1. The van der Waals surface area contributed by atoms with Crippen LogP contribution in [0.1, 0.15) is 20.3 Å². The molecule has 4 heteroatoms. The zero-order valence-corrected chi connectivity index (χ0v) is 5.66. The van der Waals surface area contributed by atoms with Crippen LogP contribution in [-0.2, 0) is 4.79 Å². The van der Waals surface area contributed by atoms with Gasteiger partial charge in [0.25, 0.3) is 6.47 Å². The van der Waals surface area contributed by atoms with Gasteiger partial charge in [0, 0.05) is 0 Å². The van der Waals surface area contributed by atoms with Crippen molar-refractivity contribution >= 4 is 6.47 Å². The van der Waals surface area contributed by atoms with Gasteiger partial charge in [-0.25, -0.2) is 0 Å². The van der Waals surface area contributed by atoms with E-state index in [0.29, 0.717) is 0 Å². The standard InChI is InChI=1S/C4H10O.CH2O2.H2O/c1-3-4(2)5;2-1-3;/h4-5H,3H2,1-2H3;1H,(H,2,3);1H2. The van der Waals surface area contributed by atoms with Gasteiger partial charge in [-0.3, -0.25) is 4.79 Å². The van der Waals surface area contributed by atoms with Crippen LogP contribution in [0.2, 0.25) is 0 Å². The molecule has 9 heavy (non-hydrogen) atoms. The first-order chi connectivity index (χ1) is 3.68. The molecule has 1 unspecified atom stereocenters. The average molecular weight is 138 g/mol. The van der Waals surface area contributed by atoms with Gasteiger partial charge in [0.2, 0.25) is 0 Å². The van der Waals surface area contributed by atoms with Gasteiger partial charge in [0.1, 0.15) is 0 Å². The normalized spacial score (nSPS) is 9.67. The van der Waals surface area contributed by atoms with Crippen LogP contribution in [0, 0.1) is 0 Å². The van der Waals surface area contributed by atoms with E-state index in [1.165, 1.54) is 0 Å². The predicted molar refractivity (Wildman–Crippen MR) is 34.3 cm³/mol. The monoisotopic (exact) mass is 138 g/mol. The van der Waals surface area contributed by atoms with Gasteiger partial charge in [-0.15, -0.1) is 0 Å². The first-order valence-corrected chi connectivity index (χ1v) is 2.44. The average Bonchev–Trinajstić information content (AvgIpc) is 1.69. The maximum atomic E-state index is 8.36. The van der Waals surface area contributed by atoms with Crippen molar-refractivity contribution in [3.8, 4) is 0 Å². The first-order valence-electron chi connectivity index (χ1n) is 2.44. The van der Waals surface area contributed by atoms with Crippen molar-refractivity contribution in [1.82, 2.24) is 0 Å². The summed E-state index contributed by atoms with van der Waals surface area (Å²) in [6.07, 6.45) is 0.745. The van der Waals surface area contributed by atoms with E-state index >= 15 is 0 Å². The molecule has 1 atom stereocenters. The van der Waals surface area contributed by atoms with Crippen LogP contribution in [-0.4, -0.2) is 28.3 Å². The number of hydrogen-bond donors (Lipinski definition) is 2. The Morgan fingerprint density at radius 3 is 1.78 bits per heavy atom. The largest absolute Gasteiger partial charge is 0.483 e. The van der Waals surface area contributed by atoms with Crippen molar-refractivity contribution in [2.75, 3.05) is 0 Å². The second kappa shape index (κ2) is 15.7. The molecule has 0 amide bonds. The Morgan fingerprint density at radius 1 is 1.67 bits per heavy atom. The van der Waals surface area contributed by atoms with Crippen molar-refractivity contribution in [2.45, 2.75) is 26.4 Å². The van der Waals surface area contributed by atoms with Crippen molar-refractivity contribution in [3.05, 3.63) is 0 Å². The predicted octanol–water partition coefficient (Wildman–Crippen LogP) is -0.347. The molecular formula is C5H14O4. The summed E-state index contributed by atoms with van der Waals surface area (Å²) < 4.78 is 0. The Labute approximate surface area is 54.4 Å². The van der Waals surface area contributed by atoms with Crippen molar-refractivity contribution < 1.29 is 20.5 Å². The van der Waals surface area contributed by atoms with Gasteiger partial charge >= 0.3 is 0 Å². The Balaban J connectivity index is -0.0000000800. The van der Waals surface area contributed by atoms with Crippen molar-refractivity contribution in [3.63, 3.8) is 0 Å². The minimum atomic E-state index is -0.250. The minimum absolute atomic E-state index is 0. The Kier molecular flexibility index (Phi) is 27.4. The van der Waals surface area contributed by atoms with E-state index in [0.717, 1.165) is 6.42 Å². The molecule has 58 valence electrons. The molecule has 0 bridgehead atoms. The van der Waals surface area contributed by atoms with Gasteiger partial charge in [0.05, 0.1) is 6.10 Å². The van der Waals surface area contributed by atoms with Gasteiger partial charge in [-0.1, -0.05) is 6.92 Å². The molecule has 0 heterocycles. The Hall–Kier alpha value is -0.610. The Morgan fingerprint density at radius 2 is 1.78 bits per heavy atom. The molecule has 0 fully saturated rings. The molecule has 4 nitrogen and oxygen atoms in total.